The van der Waals surface area contributed by atoms with Gasteiger partial charge in [0.2, 0.25) is 6.79 Å². The number of hydrogen-bond donors (Lipinski definition) is 1. The van der Waals surface area contributed by atoms with Crippen LogP contribution < -0.4 is 14.8 Å². The van der Waals surface area contributed by atoms with Gasteiger partial charge in [0.1, 0.15) is 5.82 Å². The molecule has 104 valence electrons. The molecule has 0 fully saturated rings. The maximum atomic E-state index is 5.62. The van der Waals surface area contributed by atoms with E-state index in [1.165, 1.54) is 0 Å². The molecule has 2 aromatic rings. The van der Waals surface area contributed by atoms with E-state index in [4.69, 9.17) is 14.2 Å². The number of ether oxygens (including phenoxy) is 3. The number of anilines is 1. The van der Waals surface area contributed by atoms with Crippen LogP contribution in [0.2, 0.25) is 0 Å². The van der Waals surface area contributed by atoms with Crippen molar-refractivity contribution in [3.63, 3.8) is 0 Å². The SMILES string of the molecule is CNc1cnc(COCc2ccc3c(c2)OCO3)cn1. The number of fused-ring (bicyclic) bond motifs is 1. The van der Waals surface area contributed by atoms with Crippen LogP contribution >= 0.6 is 0 Å². The van der Waals surface area contributed by atoms with Crippen LogP contribution in [0.3, 0.4) is 0 Å². The number of benzene rings is 1. The third-order valence-corrected chi connectivity index (χ3v) is 2.92. The monoisotopic (exact) mass is 273 g/mol. The fourth-order valence-corrected chi connectivity index (χ4v) is 1.86. The molecule has 1 aliphatic heterocycles. The van der Waals surface area contributed by atoms with Gasteiger partial charge in [-0.2, -0.15) is 0 Å². The van der Waals surface area contributed by atoms with Crippen molar-refractivity contribution >= 4 is 5.82 Å². The van der Waals surface area contributed by atoms with Crippen LogP contribution in [0.25, 0.3) is 0 Å². The van der Waals surface area contributed by atoms with E-state index in [-0.39, 0.29) is 6.79 Å². The van der Waals surface area contributed by atoms with Crippen molar-refractivity contribution in [3.8, 4) is 11.5 Å². The lowest BCUT2D eigenvalue weighted by atomic mass is 10.2. The molecule has 6 heteroatoms. The van der Waals surface area contributed by atoms with Crippen molar-refractivity contribution in [3.05, 3.63) is 41.9 Å². The highest BCUT2D eigenvalue weighted by molar-refractivity contribution is 5.44. The smallest absolute Gasteiger partial charge is 0.231 e. The molecule has 1 aromatic heterocycles. The van der Waals surface area contributed by atoms with Gasteiger partial charge in [0.05, 0.1) is 31.3 Å². The van der Waals surface area contributed by atoms with Gasteiger partial charge in [-0.15, -0.1) is 0 Å². The molecule has 0 aliphatic carbocycles. The summed E-state index contributed by atoms with van der Waals surface area (Å²) in [4.78, 5) is 8.42. The van der Waals surface area contributed by atoms with Crippen LogP contribution in [0.15, 0.2) is 30.6 Å². The minimum Gasteiger partial charge on any atom is -0.454 e. The fraction of sp³-hybridized carbons (Fsp3) is 0.286. The summed E-state index contributed by atoms with van der Waals surface area (Å²) in [6, 6.07) is 5.78. The first-order valence-electron chi connectivity index (χ1n) is 6.30. The summed E-state index contributed by atoms with van der Waals surface area (Å²) in [5, 5.41) is 2.92. The standard InChI is InChI=1S/C14H15N3O3/c1-15-14-6-16-11(5-17-14)8-18-7-10-2-3-12-13(4-10)20-9-19-12/h2-6H,7-9H2,1H3,(H,15,17). The van der Waals surface area contributed by atoms with E-state index in [1.807, 2.05) is 18.2 Å². The predicted octanol–water partition coefficient (Wildman–Crippen LogP) is 1.96. The molecule has 0 atom stereocenters. The third-order valence-electron chi connectivity index (χ3n) is 2.92. The summed E-state index contributed by atoms with van der Waals surface area (Å²) >= 11 is 0. The van der Waals surface area contributed by atoms with Gasteiger partial charge in [0.25, 0.3) is 0 Å². The normalized spacial score (nSPS) is 12.4. The highest BCUT2D eigenvalue weighted by Crippen LogP contribution is 2.32. The second-order valence-corrected chi connectivity index (χ2v) is 4.32. The highest BCUT2D eigenvalue weighted by atomic mass is 16.7. The summed E-state index contributed by atoms with van der Waals surface area (Å²) in [6.07, 6.45) is 3.38. The Morgan fingerprint density at radius 1 is 1.15 bits per heavy atom. The van der Waals surface area contributed by atoms with E-state index in [9.17, 15) is 0 Å². The van der Waals surface area contributed by atoms with Crippen LogP contribution in [0.5, 0.6) is 11.5 Å². The van der Waals surface area contributed by atoms with Gasteiger partial charge in [-0.1, -0.05) is 6.07 Å². The van der Waals surface area contributed by atoms with Gasteiger partial charge >= 0.3 is 0 Å². The largest absolute Gasteiger partial charge is 0.454 e. The van der Waals surface area contributed by atoms with Crippen molar-refractivity contribution in [2.45, 2.75) is 13.2 Å². The van der Waals surface area contributed by atoms with Crippen LogP contribution in [0.4, 0.5) is 5.82 Å². The Labute approximate surface area is 116 Å². The van der Waals surface area contributed by atoms with Gasteiger partial charge in [-0.3, -0.25) is 4.98 Å². The van der Waals surface area contributed by atoms with Crippen LogP contribution in [0.1, 0.15) is 11.3 Å². The predicted molar refractivity (Wildman–Crippen MR) is 72.6 cm³/mol. The number of aromatic nitrogens is 2. The highest BCUT2D eigenvalue weighted by Gasteiger charge is 2.13. The molecule has 3 rings (SSSR count). The van der Waals surface area contributed by atoms with Gasteiger partial charge < -0.3 is 19.5 Å². The molecular formula is C14H15N3O3. The molecule has 0 saturated heterocycles. The zero-order valence-electron chi connectivity index (χ0n) is 11.1. The average molecular weight is 273 g/mol. The Morgan fingerprint density at radius 3 is 2.85 bits per heavy atom. The van der Waals surface area contributed by atoms with E-state index < -0.39 is 0 Å². The topological polar surface area (TPSA) is 65.5 Å². The van der Waals surface area contributed by atoms with Crippen molar-refractivity contribution < 1.29 is 14.2 Å². The molecule has 0 bridgehead atoms. The lowest BCUT2D eigenvalue weighted by Crippen LogP contribution is -1.99. The third kappa shape index (κ3) is 2.80. The first kappa shape index (κ1) is 12.7. The maximum absolute atomic E-state index is 5.62. The van der Waals surface area contributed by atoms with Crippen LogP contribution in [-0.2, 0) is 18.0 Å². The molecule has 1 aliphatic rings. The summed E-state index contributed by atoms with van der Waals surface area (Å²) in [5.74, 6) is 2.29. The fourth-order valence-electron chi connectivity index (χ4n) is 1.86. The Balaban J connectivity index is 1.54. The van der Waals surface area contributed by atoms with Crippen molar-refractivity contribution in [2.24, 2.45) is 0 Å². The number of nitrogens with zero attached hydrogens (tertiary/aromatic N) is 2. The first-order valence-corrected chi connectivity index (χ1v) is 6.30. The number of rotatable bonds is 5. The molecule has 1 aromatic carbocycles. The van der Waals surface area contributed by atoms with Gasteiger partial charge in [-0.05, 0) is 17.7 Å². The van der Waals surface area contributed by atoms with Crippen molar-refractivity contribution in [1.29, 1.82) is 0 Å². The van der Waals surface area contributed by atoms with Crippen LogP contribution in [-0.4, -0.2) is 23.8 Å². The molecule has 0 unspecified atom stereocenters. The Morgan fingerprint density at radius 2 is 2.05 bits per heavy atom. The molecule has 0 radical (unpaired) electrons. The quantitative estimate of drug-likeness (QED) is 0.898. The second kappa shape index (κ2) is 5.75. The Kier molecular flexibility index (Phi) is 3.64. The minimum absolute atomic E-state index is 0.285. The Hall–Kier alpha value is -2.34. The van der Waals surface area contributed by atoms with E-state index in [0.717, 1.165) is 28.6 Å². The van der Waals surface area contributed by atoms with E-state index in [1.54, 1.807) is 19.4 Å². The van der Waals surface area contributed by atoms with E-state index >= 15 is 0 Å². The molecular weight excluding hydrogens is 258 g/mol. The van der Waals surface area contributed by atoms with Crippen molar-refractivity contribution in [1.82, 2.24) is 9.97 Å². The number of hydrogen-bond acceptors (Lipinski definition) is 6. The molecule has 0 spiro atoms. The molecule has 20 heavy (non-hydrogen) atoms. The number of nitrogens with one attached hydrogen (secondary N) is 1. The van der Waals surface area contributed by atoms with Crippen molar-refractivity contribution in [2.75, 3.05) is 19.2 Å². The molecule has 1 N–H and O–H groups in total. The second-order valence-electron chi connectivity index (χ2n) is 4.32. The van der Waals surface area contributed by atoms with Crippen LogP contribution in [0, 0.1) is 0 Å². The minimum atomic E-state index is 0.285. The van der Waals surface area contributed by atoms with Gasteiger partial charge in [0.15, 0.2) is 11.5 Å². The summed E-state index contributed by atoms with van der Waals surface area (Å²) in [5.41, 5.74) is 1.83. The molecule has 2 heterocycles. The average Bonchev–Trinajstić information content (AvgIpc) is 2.95. The molecule has 0 amide bonds. The van der Waals surface area contributed by atoms with E-state index in [2.05, 4.69) is 15.3 Å². The van der Waals surface area contributed by atoms with Gasteiger partial charge in [-0.25, -0.2) is 4.98 Å². The first-order chi connectivity index (χ1) is 9.85. The summed E-state index contributed by atoms with van der Waals surface area (Å²) in [6.45, 7) is 1.20. The molecule has 0 saturated carbocycles. The zero-order chi connectivity index (χ0) is 13.8. The lowest BCUT2D eigenvalue weighted by molar-refractivity contribution is 0.104. The zero-order valence-corrected chi connectivity index (χ0v) is 11.1. The summed E-state index contributed by atoms with van der Waals surface area (Å²) in [7, 11) is 1.81. The molecule has 6 nitrogen and oxygen atoms in total. The maximum Gasteiger partial charge on any atom is 0.231 e. The summed E-state index contributed by atoms with van der Waals surface area (Å²) < 4.78 is 16.2. The lowest BCUT2D eigenvalue weighted by Gasteiger charge is -2.05. The van der Waals surface area contributed by atoms with Gasteiger partial charge in [0, 0.05) is 7.05 Å². The van der Waals surface area contributed by atoms with E-state index in [0.29, 0.717) is 13.2 Å². The Bertz CT molecular complexity index is 587.